The number of benzene rings is 2. The first-order chi connectivity index (χ1) is 31.9. The van der Waals surface area contributed by atoms with E-state index in [1.165, 1.54) is 18.1 Å². The molecule has 10 rings (SSSR count). The molecule has 0 bridgehead atoms. The van der Waals surface area contributed by atoms with Crippen LogP contribution in [0.3, 0.4) is 0 Å². The van der Waals surface area contributed by atoms with Crippen LogP contribution in [0.4, 0.5) is 17.5 Å². The molecule has 0 spiro atoms. The molecule has 4 fully saturated rings. The Morgan fingerprint density at radius 2 is 1.59 bits per heavy atom. The first-order valence-electron chi connectivity index (χ1n) is 23.3. The van der Waals surface area contributed by atoms with Crippen molar-refractivity contribution in [3.63, 3.8) is 0 Å². The monoisotopic (exact) mass is 892 g/mol. The number of fused-ring (bicyclic) bond motifs is 2. The van der Waals surface area contributed by atoms with Crippen molar-refractivity contribution in [2.45, 2.75) is 103 Å². The van der Waals surface area contributed by atoms with Gasteiger partial charge in [0.2, 0.25) is 17.8 Å². The van der Waals surface area contributed by atoms with Crippen molar-refractivity contribution in [3.8, 4) is 0 Å². The topological polar surface area (TPSA) is 186 Å². The van der Waals surface area contributed by atoms with Crippen molar-refractivity contribution in [1.82, 2.24) is 39.5 Å². The van der Waals surface area contributed by atoms with Crippen molar-refractivity contribution in [3.05, 3.63) is 116 Å². The molecule has 342 valence electrons. The van der Waals surface area contributed by atoms with E-state index in [4.69, 9.17) is 9.97 Å². The van der Waals surface area contributed by atoms with E-state index in [2.05, 4.69) is 60.6 Å². The standard InChI is InChI=1S/C50H56N10O6/c1-31-40-27-52-49(55-45(40)60(37-8-3-4-9-37)48(65)44(31)32(2)61)53-42-14-11-38(26-51-42)58-22-20-57(21-23-58)29-34-7-5-6-33(24-34)28-56-18-16-50(66,17-19-56)36-10-12-39-35(25-36)30-59(47(39)64)41-13-15-43(62)54-46(41)63/h5-7,10-12,14,24-27,37,41,66H,3-4,8-9,13,15-23,28-30H2,1-2H3,(H,54,62,63)(H,51,52,53,55). The molecule has 5 aliphatic rings. The zero-order valence-electron chi connectivity index (χ0n) is 37.6. The van der Waals surface area contributed by atoms with E-state index < -0.39 is 17.6 Å². The van der Waals surface area contributed by atoms with Gasteiger partial charge in [0.15, 0.2) is 5.78 Å². The molecule has 0 radical (unpaired) electrons. The summed E-state index contributed by atoms with van der Waals surface area (Å²) in [6.45, 7) is 10.2. The van der Waals surface area contributed by atoms with E-state index in [0.717, 1.165) is 94.9 Å². The summed E-state index contributed by atoms with van der Waals surface area (Å²) >= 11 is 0. The predicted molar refractivity (Wildman–Crippen MR) is 248 cm³/mol. The number of piperazine rings is 1. The van der Waals surface area contributed by atoms with Crippen LogP contribution in [0.2, 0.25) is 0 Å². The van der Waals surface area contributed by atoms with Gasteiger partial charge in [-0.2, -0.15) is 4.98 Å². The van der Waals surface area contributed by atoms with Gasteiger partial charge in [0.25, 0.3) is 11.5 Å². The lowest BCUT2D eigenvalue weighted by Gasteiger charge is -2.39. The second-order valence-electron chi connectivity index (χ2n) is 18.8. The van der Waals surface area contributed by atoms with Gasteiger partial charge < -0.3 is 20.2 Å². The van der Waals surface area contributed by atoms with E-state index in [1.54, 1.807) is 28.7 Å². The van der Waals surface area contributed by atoms with Crippen molar-refractivity contribution >= 4 is 52.0 Å². The molecular weight excluding hydrogens is 837 g/mol. The van der Waals surface area contributed by atoms with Gasteiger partial charge in [-0.25, -0.2) is 9.97 Å². The molecular formula is C50H56N10O6. The molecule has 66 heavy (non-hydrogen) atoms. The van der Waals surface area contributed by atoms with Crippen molar-refractivity contribution in [2.75, 3.05) is 49.5 Å². The third-order valence-corrected chi connectivity index (χ3v) is 14.5. The molecule has 16 nitrogen and oxygen atoms in total. The SMILES string of the molecule is CC(=O)c1c(C)c2cnc(Nc3ccc(N4CCN(Cc5cccc(CN6CCC(O)(c7ccc8c(c7)CN(C7CCC(=O)NC7=O)C8=O)CC6)c5)CC4)cn3)nc2n(C2CCCC2)c1=O. The van der Waals surface area contributed by atoms with E-state index >= 15 is 0 Å². The summed E-state index contributed by atoms with van der Waals surface area (Å²) in [6.07, 6.45) is 9.08. The number of ketones is 1. The Morgan fingerprint density at radius 1 is 0.864 bits per heavy atom. The van der Waals surface area contributed by atoms with E-state index in [0.29, 0.717) is 53.2 Å². The molecule has 1 atom stereocenters. The number of rotatable bonds is 11. The highest BCUT2D eigenvalue weighted by Crippen LogP contribution is 2.37. The maximum atomic E-state index is 13.6. The van der Waals surface area contributed by atoms with Crippen LogP contribution in [-0.2, 0) is 34.8 Å². The fraction of sp³-hybridized carbons (Fsp3) is 0.440. The third kappa shape index (κ3) is 8.48. The van der Waals surface area contributed by atoms with Gasteiger partial charge >= 0.3 is 0 Å². The number of likely N-dealkylation sites (tertiary alicyclic amines) is 1. The Kier molecular flexibility index (Phi) is 11.7. The number of hydrogen-bond donors (Lipinski definition) is 3. The highest BCUT2D eigenvalue weighted by Gasteiger charge is 2.41. The van der Waals surface area contributed by atoms with Gasteiger partial charge in [-0.1, -0.05) is 49.2 Å². The molecule has 16 heteroatoms. The van der Waals surface area contributed by atoms with Gasteiger partial charge in [-0.15, -0.1) is 0 Å². The number of hydrogen-bond acceptors (Lipinski definition) is 13. The van der Waals surface area contributed by atoms with Gasteiger partial charge in [-0.05, 0) is 92.0 Å². The predicted octanol–water partition coefficient (Wildman–Crippen LogP) is 5.12. The first kappa shape index (κ1) is 43.5. The normalized spacial score (nSPS) is 20.5. The molecule has 3 aromatic heterocycles. The summed E-state index contributed by atoms with van der Waals surface area (Å²) < 4.78 is 1.72. The zero-order valence-corrected chi connectivity index (χ0v) is 37.6. The molecule has 7 heterocycles. The maximum absolute atomic E-state index is 13.6. The minimum absolute atomic E-state index is 0.00679. The molecule has 1 unspecified atom stereocenters. The molecule has 4 aliphatic heterocycles. The van der Waals surface area contributed by atoms with Crippen LogP contribution < -0.4 is 21.1 Å². The summed E-state index contributed by atoms with van der Waals surface area (Å²) in [6, 6.07) is 17.7. The average Bonchev–Trinajstić information content (AvgIpc) is 3.96. The molecule has 1 aliphatic carbocycles. The van der Waals surface area contributed by atoms with E-state index in [-0.39, 0.29) is 47.7 Å². The highest BCUT2D eigenvalue weighted by atomic mass is 16.3. The molecule has 3 amide bonds. The van der Waals surface area contributed by atoms with Crippen molar-refractivity contribution in [1.29, 1.82) is 0 Å². The van der Waals surface area contributed by atoms with Crippen molar-refractivity contribution < 1.29 is 24.3 Å². The minimum atomic E-state index is -1.01. The third-order valence-electron chi connectivity index (χ3n) is 14.5. The van der Waals surface area contributed by atoms with Crippen LogP contribution >= 0.6 is 0 Å². The number of aliphatic hydroxyl groups is 1. The molecule has 3 saturated heterocycles. The summed E-state index contributed by atoms with van der Waals surface area (Å²) in [5.41, 5.74) is 5.82. The molecule has 5 aromatic rings. The Bertz CT molecular complexity index is 2790. The minimum Gasteiger partial charge on any atom is -0.385 e. The Labute approximate surface area is 383 Å². The molecule has 2 aromatic carbocycles. The Morgan fingerprint density at radius 3 is 2.27 bits per heavy atom. The molecule has 1 saturated carbocycles. The number of carbonyl (C=O) groups is 4. The zero-order chi connectivity index (χ0) is 45.7. The largest absolute Gasteiger partial charge is 0.385 e. The van der Waals surface area contributed by atoms with Crippen LogP contribution in [0.25, 0.3) is 11.0 Å². The number of aromatic nitrogens is 4. The van der Waals surface area contributed by atoms with E-state index in [9.17, 15) is 29.1 Å². The number of Topliss-reactive ketones (excluding diaryl/α,β-unsaturated/α-hetero) is 1. The number of piperidine rings is 2. The second kappa shape index (κ2) is 17.8. The highest BCUT2D eigenvalue weighted by molar-refractivity contribution is 6.05. The first-order valence-corrected chi connectivity index (χ1v) is 23.3. The van der Waals surface area contributed by atoms with Crippen LogP contribution in [0, 0.1) is 6.92 Å². The summed E-state index contributed by atoms with van der Waals surface area (Å²) in [7, 11) is 0. The van der Waals surface area contributed by atoms with Gasteiger partial charge in [-0.3, -0.25) is 43.7 Å². The number of nitrogens with zero attached hydrogens (tertiary/aromatic N) is 8. The summed E-state index contributed by atoms with van der Waals surface area (Å²) in [4.78, 5) is 86.3. The quantitative estimate of drug-likeness (QED) is 0.117. The lowest BCUT2D eigenvalue weighted by Crippen LogP contribution is -2.52. The number of nitrogens with one attached hydrogen (secondary N) is 2. The summed E-state index contributed by atoms with van der Waals surface area (Å²) in [5, 5.41) is 18.1. The average molecular weight is 893 g/mol. The lowest BCUT2D eigenvalue weighted by molar-refractivity contribution is -0.136. The maximum Gasteiger partial charge on any atom is 0.263 e. The second-order valence-corrected chi connectivity index (χ2v) is 18.8. The number of anilines is 3. The van der Waals surface area contributed by atoms with Crippen LogP contribution in [0.1, 0.15) is 113 Å². The van der Waals surface area contributed by atoms with Crippen molar-refractivity contribution in [2.24, 2.45) is 0 Å². The lowest BCUT2D eigenvalue weighted by atomic mass is 9.83. The summed E-state index contributed by atoms with van der Waals surface area (Å²) in [5.74, 6) is -0.243. The number of aryl methyl sites for hydroxylation is 1. The number of amides is 3. The fourth-order valence-electron chi connectivity index (χ4n) is 10.8. The fourth-order valence-corrected chi connectivity index (χ4v) is 10.8. The van der Waals surface area contributed by atoms with Gasteiger partial charge in [0.1, 0.15) is 17.5 Å². The van der Waals surface area contributed by atoms with Crippen LogP contribution in [0.15, 0.2) is 71.8 Å². The Balaban J connectivity index is 0.710. The number of pyridine rings is 2. The number of imide groups is 1. The number of carbonyl (C=O) groups excluding carboxylic acids is 4. The smallest absolute Gasteiger partial charge is 0.263 e. The van der Waals surface area contributed by atoms with Crippen LogP contribution in [-0.4, -0.2) is 108 Å². The molecule has 3 N–H and O–H groups in total. The van der Waals surface area contributed by atoms with Gasteiger partial charge in [0.05, 0.1) is 23.0 Å². The van der Waals surface area contributed by atoms with E-state index in [1.807, 2.05) is 24.4 Å². The Hall–Kier alpha value is -6.36. The van der Waals surface area contributed by atoms with Gasteiger partial charge in [0, 0.05) is 88.5 Å². The van der Waals surface area contributed by atoms with Crippen LogP contribution in [0.5, 0.6) is 0 Å².